The Hall–Kier alpha value is -1.56. The number of amides is 1. The fourth-order valence-electron chi connectivity index (χ4n) is 1.68. The topological polar surface area (TPSA) is 66.4 Å². The highest BCUT2D eigenvalue weighted by molar-refractivity contribution is 9.10. The van der Waals surface area contributed by atoms with Crippen molar-refractivity contribution < 1.29 is 14.7 Å². The van der Waals surface area contributed by atoms with Crippen molar-refractivity contribution >= 4 is 56.7 Å². The monoisotopic (exact) mass is 387 g/mol. The molecule has 0 saturated heterocycles. The minimum absolute atomic E-state index is 0.0349. The van der Waals surface area contributed by atoms with E-state index in [1.165, 1.54) is 24.3 Å². The maximum absolute atomic E-state index is 12.2. The highest BCUT2D eigenvalue weighted by Gasteiger charge is 2.18. The predicted molar refractivity (Wildman–Crippen MR) is 85.5 cm³/mol. The molecule has 2 N–H and O–H groups in total. The van der Waals surface area contributed by atoms with E-state index in [9.17, 15) is 9.59 Å². The first kappa shape index (κ1) is 15.8. The fourth-order valence-corrected chi connectivity index (χ4v) is 2.47. The molecule has 0 atom stereocenters. The largest absolute Gasteiger partial charge is 0.478 e. The SMILES string of the molecule is O=C(Nc1c(Cl)cccc1C(=O)O)c1cc(Br)ccc1Cl. The van der Waals surface area contributed by atoms with Crippen LogP contribution in [0.2, 0.25) is 10.0 Å². The molecule has 0 aliphatic heterocycles. The number of carbonyl (C=O) groups excluding carboxylic acids is 1. The average molecular weight is 389 g/mol. The zero-order valence-electron chi connectivity index (χ0n) is 10.4. The van der Waals surface area contributed by atoms with Gasteiger partial charge < -0.3 is 10.4 Å². The van der Waals surface area contributed by atoms with Gasteiger partial charge in [0.1, 0.15) is 0 Å². The molecule has 7 heteroatoms. The summed E-state index contributed by atoms with van der Waals surface area (Å²) in [4.78, 5) is 23.4. The van der Waals surface area contributed by atoms with Gasteiger partial charge in [0.05, 0.1) is 26.9 Å². The van der Waals surface area contributed by atoms with Crippen LogP contribution in [0.1, 0.15) is 20.7 Å². The van der Waals surface area contributed by atoms with Crippen molar-refractivity contribution in [2.75, 3.05) is 5.32 Å². The summed E-state index contributed by atoms with van der Waals surface area (Å²) in [5, 5.41) is 12.0. The molecule has 0 fully saturated rings. The number of nitrogens with one attached hydrogen (secondary N) is 1. The molecule has 2 aromatic rings. The highest BCUT2D eigenvalue weighted by Crippen LogP contribution is 2.28. The first-order valence-electron chi connectivity index (χ1n) is 5.68. The molecule has 1 amide bonds. The van der Waals surface area contributed by atoms with E-state index in [1.807, 2.05) is 0 Å². The number of benzene rings is 2. The Morgan fingerprint density at radius 2 is 1.76 bits per heavy atom. The summed E-state index contributed by atoms with van der Waals surface area (Å²) in [6, 6.07) is 9.13. The van der Waals surface area contributed by atoms with Gasteiger partial charge in [-0.05, 0) is 30.3 Å². The van der Waals surface area contributed by atoms with E-state index >= 15 is 0 Å². The number of carboxylic acid groups (broad SMARTS) is 1. The molecule has 2 aromatic carbocycles. The van der Waals surface area contributed by atoms with E-state index in [1.54, 1.807) is 12.1 Å². The minimum atomic E-state index is -1.19. The van der Waals surface area contributed by atoms with Gasteiger partial charge in [0.25, 0.3) is 5.91 Å². The zero-order valence-corrected chi connectivity index (χ0v) is 13.5. The molecule has 0 saturated carbocycles. The van der Waals surface area contributed by atoms with Gasteiger partial charge >= 0.3 is 5.97 Å². The van der Waals surface area contributed by atoms with E-state index in [0.29, 0.717) is 4.47 Å². The second-order valence-corrected chi connectivity index (χ2v) is 5.78. The second kappa shape index (κ2) is 6.47. The van der Waals surface area contributed by atoms with Gasteiger partial charge in [-0.15, -0.1) is 0 Å². The number of halogens is 3. The van der Waals surface area contributed by atoms with Crippen LogP contribution < -0.4 is 5.32 Å². The molecule has 2 rings (SSSR count). The second-order valence-electron chi connectivity index (χ2n) is 4.05. The van der Waals surface area contributed by atoms with Gasteiger partial charge in [0.2, 0.25) is 0 Å². The number of carboxylic acids is 1. The number of anilines is 1. The number of para-hydroxylation sites is 1. The third-order valence-corrected chi connectivity index (χ3v) is 3.79. The van der Waals surface area contributed by atoms with Crippen molar-refractivity contribution in [3.05, 3.63) is 62.0 Å². The van der Waals surface area contributed by atoms with Crippen LogP contribution in [0.15, 0.2) is 40.9 Å². The van der Waals surface area contributed by atoms with E-state index in [2.05, 4.69) is 21.2 Å². The molecule has 0 unspecified atom stereocenters. The number of hydrogen-bond acceptors (Lipinski definition) is 2. The van der Waals surface area contributed by atoms with Gasteiger partial charge in [-0.1, -0.05) is 45.2 Å². The van der Waals surface area contributed by atoms with Crippen LogP contribution in [-0.4, -0.2) is 17.0 Å². The highest BCUT2D eigenvalue weighted by atomic mass is 79.9. The van der Waals surface area contributed by atoms with Crippen molar-refractivity contribution in [3.63, 3.8) is 0 Å². The third kappa shape index (κ3) is 3.56. The number of carbonyl (C=O) groups is 2. The van der Waals surface area contributed by atoms with Gasteiger partial charge in [-0.3, -0.25) is 4.79 Å². The molecule has 108 valence electrons. The first-order valence-corrected chi connectivity index (χ1v) is 7.23. The lowest BCUT2D eigenvalue weighted by molar-refractivity contribution is 0.0698. The van der Waals surface area contributed by atoms with Crippen LogP contribution in [0.5, 0.6) is 0 Å². The van der Waals surface area contributed by atoms with Gasteiger partial charge in [-0.2, -0.15) is 0 Å². The van der Waals surface area contributed by atoms with Crippen LogP contribution in [0.3, 0.4) is 0 Å². The number of hydrogen-bond donors (Lipinski definition) is 2. The molecular weight excluding hydrogens is 381 g/mol. The van der Waals surface area contributed by atoms with E-state index in [0.717, 1.165) is 0 Å². The average Bonchev–Trinajstić information content (AvgIpc) is 2.43. The minimum Gasteiger partial charge on any atom is -0.478 e. The number of rotatable bonds is 3. The smallest absolute Gasteiger partial charge is 0.337 e. The molecular formula is C14H8BrCl2NO3. The molecule has 0 aliphatic rings. The van der Waals surface area contributed by atoms with Crippen LogP contribution in [-0.2, 0) is 0 Å². The zero-order chi connectivity index (χ0) is 15.6. The normalized spacial score (nSPS) is 10.2. The maximum atomic E-state index is 12.2. The Labute approximate surface area is 138 Å². The van der Waals surface area contributed by atoms with E-state index < -0.39 is 11.9 Å². The summed E-state index contributed by atoms with van der Waals surface area (Å²) >= 11 is 15.2. The van der Waals surface area contributed by atoms with Crippen molar-refractivity contribution in [1.82, 2.24) is 0 Å². The van der Waals surface area contributed by atoms with E-state index in [4.69, 9.17) is 28.3 Å². The molecule has 0 heterocycles. The summed E-state index contributed by atoms with van der Waals surface area (Å²) in [5.41, 5.74) is 0.150. The Bertz CT molecular complexity index is 734. The third-order valence-electron chi connectivity index (χ3n) is 2.66. The predicted octanol–water partition coefficient (Wildman–Crippen LogP) is 4.71. The maximum Gasteiger partial charge on any atom is 0.337 e. The standard InChI is InChI=1S/C14H8BrCl2NO3/c15-7-4-5-10(16)9(6-7)13(19)18-12-8(14(20)21)2-1-3-11(12)17/h1-6H,(H,18,19)(H,20,21). The van der Waals surface area contributed by atoms with Crippen LogP contribution in [0, 0.1) is 0 Å². The first-order chi connectivity index (χ1) is 9.90. The van der Waals surface area contributed by atoms with Gasteiger partial charge in [0.15, 0.2) is 0 Å². The van der Waals surface area contributed by atoms with Crippen molar-refractivity contribution in [1.29, 1.82) is 0 Å². The Balaban J connectivity index is 2.41. The Kier molecular flexibility index (Phi) is 4.88. The van der Waals surface area contributed by atoms with Crippen molar-refractivity contribution in [2.45, 2.75) is 0 Å². The Morgan fingerprint density at radius 3 is 2.43 bits per heavy atom. The van der Waals surface area contributed by atoms with Crippen molar-refractivity contribution in [2.24, 2.45) is 0 Å². The summed E-state index contributed by atoms with van der Waals surface area (Å²) < 4.78 is 0.676. The molecule has 4 nitrogen and oxygen atoms in total. The fraction of sp³-hybridized carbons (Fsp3) is 0. The molecule has 21 heavy (non-hydrogen) atoms. The van der Waals surface area contributed by atoms with Gasteiger partial charge in [-0.25, -0.2) is 4.79 Å². The Morgan fingerprint density at radius 1 is 1.05 bits per heavy atom. The van der Waals surface area contributed by atoms with Crippen LogP contribution >= 0.6 is 39.1 Å². The molecule has 0 aliphatic carbocycles. The lowest BCUT2D eigenvalue weighted by Gasteiger charge is -2.11. The summed E-state index contributed by atoms with van der Waals surface area (Å²) in [6.45, 7) is 0. The summed E-state index contributed by atoms with van der Waals surface area (Å²) in [7, 11) is 0. The number of aromatic carboxylic acids is 1. The quantitative estimate of drug-likeness (QED) is 0.800. The summed E-state index contributed by atoms with van der Waals surface area (Å²) in [6.07, 6.45) is 0. The van der Waals surface area contributed by atoms with Crippen LogP contribution in [0.25, 0.3) is 0 Å². The lowest BCUT2D eigenvalue weighted by atomic mass is 10.1. The lowest BCUT2D eigenvalue weighted by Crippen LogP contribution is -2.15. The van der Waals surface area contributed by atoms with E-state index in [-0.39, 0.29) is 26.9 Å². The summed E-state index contributed by atoms with van der Waals surface area (Å²) in [5.74, 6) is -1.73. The molecule has 0 radical (unpaired) electrons. The van der Waals surface area contributed by atoms with Crippen LogP contribution in [0.4, 0.5) is 5.69 Å². The molecule has 0 aromatic heterocycles. The molecule has 0 spiro atoms. The van der Waals surface area contributed by atoms with Crippen molar-refractivity contribution in [3.8, 4) is 0 Å². The van der Waals surface area contributed by atoms with Gasteiger partial charge in [0, 0.05) is 4.47 Å². The molecule has 0 bridgehead atoms.